The Hall–Kier alpha value is -2.37. The van der Waals surface area contributed by atoms with Crippen molar-refractivity contribution in [3.63, 3.8) is 0 Å². The Balaban J connectivity index is 1.75. The molecule has 0 bridgehead atoms. The first kappa shape index (κ1) is 13.6. The second kappa shape index (κ2) is 5.95. The van der Waals surface area contributed by atoms with Crippen LogP contribution in [0.4, 0.5) is 0 Å². The fraction of sp³-hybridized carbons (Fsp3) is 0.400. The molecule has 0 atom stereocenters. The standard InChI is InChI=1S/C15H17N3O3/c1-20-12-7-3-2-6-11(12)15-17-16-13(21-15)10-14(19)18-8-4-5-9-18/h2-3,6-7H,4-5,8-10H2,1H3. The van der Waals surface area contributed by atoms with Crippen LogP contribution < -0.4 is 4.74 Å². The Labute approximate surface area is 122 Å². The summed E-state index contributed by atoms with van der Waals surface area (Å²) < 4.78 is 10.9. The summed E-state index contributed by atoms with van der Waals surface area (Å²) >= 11 is 0. The molecular weight excluding hydrogens is 270 g/mol. The van der Waals surface area contributed by atoms with Crippen molar-refractivity contribution in [1.29, 1.82) is 0 Å². The van der Waals surface area contributed by atoms with Crippen molar-refractivity contribution >= 4 is 5.91 Å². The SMILES string of the molecule is COc1ccccc1-c1nnc(CC(=O)N2CCCC2)o1. The number of carbonyl (C=O) groups is 1. The highest BCUT2D eigenvalue weighted by Crippen LogP contribution is 2.28. The third kappa shape index (κ3) is 2.89. The summed E-state index contributed by atoms with van der Waals surface area (Å²) in [6, 6.07) is 7.42. The van der Waals surface area contributed by atoms with Crippen LogP contribution in [0.1, 0.15) is 18.7 Å². The Morgan fingerprint density at radius 2 is 2.05 bits per heavy atom. The van der Waals surface area contributed by atoms with Crippen LogP contribution in [0.5, 0.6) is 5.75 Å². The molecule has 2 aromatic rings. The fourth-order valence-corrected chi connectivity index (χ4v) is 2.46. The van der Waals surface area contributed by atoms with Gasteiger partial charge in [0.05, 0.1) is 12.7 Å². The average molecular weight is 287 g/mol. The maximum atomic E-state index is 12.1. The van der Waals surface area contributed by atoms with E-state index in [1.54, 1.807) is 7.11 Å². The van der Waals surface area contributed by atoms with Crippen LogP contribution in [0, 0.1) is 0 Å². The van der Waals surface area contributed by atoms with Crippen molar-refractivity contribution in [2.24, 2.45) is 0 Å². The number of nitrogens with zero attached hydrogens (tertiary/aromatic N) is 3. The normalized spacial score (nSPS) is 14.4. The monoisotopic (exact) mass is 287 g/mol. The zero-order valence-electron chi connectivity index (χ0n) is 11.9. The van der Waals surface area contributed by atoms with Gasteiger partial charge in [-0.3, -0.25) is 4.79 Å². The van der Waals surface area contributed by atoms with Gasteiger partial charge >= 0.3 is 0 Å². The maximum Gasteiger partial charge on any atom is 0.251 e. The predicted molar refractivity (Wildman–Crippen MR) is 75.8 cm³/mol. The van der Waals surface area contributed by atoms with Crippen LogP contribution in [0.3, 0.4) is 0 Å². The molecule has 1 aromatic carbocycles. The minimum atomic E-state index is 0.0442. The number of likely N-dealkylation sites (tertiary alicyclic amines) is 1. The van der Waals surface area contributed by atoms with E-state index in [0.29, 0.717) is 17.5 Å². The molecule has 0 N–H and O–H groups in total. The maximum absolute atomic E-state index is 12.1. The van der Waals surface area contributed by atoms with E-state index in [-0.39, 0.29) is 12.3 Å². The van der Waals surface area contributed by atoms with Crippen molar-refractivity contribution in [3.8, 4) is 17.2 Å². The van der Waals surface area contributed by atoms with E-state index in [4.69, 9.17) is 9.15 Å². The Morgan fingerprint density at radius 1 is 1.29 bits per heavy atom. The number of benzene rings is 1. The molecule has 6 nitrogen and oxygen atoms in total. The minimum absolute atomic E-state index is 0.0442. The molecule has 1 amide bonds. The van der Waals surface area contributed by atoms with Gasteiger partial charge < -0.3 is 14.1 Å². The van der Waals surface area contributed by atoms with Crippen molar-refractivity contribution in [2.75, 3.05) is 20.2 Å². The summed E-state index contributed by atoms with van der Waals surface area (Å²) in [5, 5.41) is 7.97. The molecule has 0 radical (unpaired) electrons. The first-order valence-corrected chi connectivity index (χ1v) is 7.01. The van der Waals surface area contributed by atoms with Crippen molar-refractivity contribution in [3.05, 3.63) is 30.2 Å². The lowest BCUT2D eigenvalue weighted by molar-refractivity contribution is -0.129. The lowest BCUT2D eigenvalue weighted by Gasteiger charge is -2.13. The molecule has 1 aliphatic heterocycles. The summed E-state index contributed by atoms with van der Waals surface area (Å²) in [7, 11) is 1.59. The molecule has 110 valence electrons. The van der Waals surface area contributed by atoms with Gasteiger partial charge in [0.15, 0.2) is 0 Å². The van der Waals surface area contributed by atoms with E-state index in [2.05, 4.69) is 10.2 Å². The van der Waals surface area contributed by atoms with Gasteiger partial charge in [-0.05, 0) is 25.0 Å². The highest BCUT2D eigenvalue weighted by molar-refractivity contribution is 5.78. The quantitative estimate of drug-likeness (QED) is 0.859. The number of rotatable bonds is 4. The molecule has 0 saturated carbocycles. The topological polar surface area (TPSA) is 68.5 Å². The minimum Gasteiger partial charge on any atom is -0.496 e. The summed E-state index contributed by atoms with van der Waals surface area (Å²) in [5.41, 5.74) is 0.729. The number of ether oxygens (including phenoxy) is 1. The number of aromatic nitrogens is 2. The lowest BCUT2D eigenvalue weighted by Crippen LogP contribution is -2.29. The smallest absolute Gasteiger partial charge is 0.251 e. The molecule has 6 heteroatoms. The van der Waals surface area contributed by atoms with Gasteiger partial charge in [-0.2, -0.15) is 0 Å². The van der Waals surface area contributed by atoms with E-state index in [1.807, 2.05) is 29.2 Å². The van der Waals surface area contributed by atoms with E-state index >= 15 is 0 Å². The second-order valence-electron chi connectivity index (χ2n) is 4.97. The van der Waals surface area contributed by atoms with Gasteiger partial charge in [-0.1, -0.05) is 12.1 Å². The van der Waals surface area contributed by atoms with Gasteiger partial charge in [0.2, 0.25) is 11.8 Å². The molecule has 0 spiro atoms. The predicted octanol–water partition coefficient (Wildman–Crippen LogP) is 1.91. The molecule has 21 heavy (non-hydrogen) atoms. The fourth-order valence-electron chi connectivity index (χ4n) is 2.46. The second-order valence-corrected chi connectivity index (χ2v) is 4.97. The van der Waals surface area contributed by atoms with E-state index in [0.717, 1.165) is 31.5 Å². The summed E-state index contributed by atoms with van der Waals surface area (Å²) in [5.74, 6) is 1.42. The number of methoxy groups -OCH3 is 1. The van der Waals surface area contributed by atoms with Crippen molar-refractivity contribution in [1.82, 2.24) is 15.1 Å². The number of hydrogen-bond donors (Lipinski definition) is 0. The van der Waals surface area contributed by atoms with Crippen LogP contribution in [-0.2, 0) is 11.2 Å². The van der Waals surface area contributed by atoms with Crippen LogP contribution in [0.15, 0.2) is 28.7 Å². The summed E-state index contributed by atoms with van der Waals surface area (Å²) in [4.78, 5) is 13.9. The molecule has 0 unspecified atom stereocenters. The van der Waals surface area contributed by atoms with Gasteiger partial charge in [-0.25, -0.2) is 0 Å². The Kier molecular flexibility index (Phi) is 3.85. The number of hydrogen-bond acceptors (Lipinski definition) is 5. The number of amides is 1. The first-order valence-electron chi connectivity index (χ1n) is 7.01. The zero-order chi connectivity index (χ0) is 14.7. The Bertz CT molecular complexity index is 633. The molecule has 0 aliphatic carbocycles. The zero-order valence-corrected chi connectivity index (χ0v) is 11.9. The molecule has 3 rings (SSSR count). The summed E-state index contributed by atoms with van der Waals surface area (Å²) in [6.45, 7) is 1.65. The molecule has 2 heterocycles. The van der Waals surface area contributed by atoms with Crippen molar-refractivity contribution in [2.45, 2.75) is 19.3 Å². The largest absolute Gasteiger partial charge is 0.496 e. The van der Waals surface area contributed by atoms with Gasteiger partial charge in [0.25, 0.3) is 5.89 Å². The molecule has 1 aromatic heterocycles. The van der Waals surface area contributed by atoms with E-state index in [1.165, 1.54) is 0 Å². The van der Waals surface area contributed by atoms with Crippen LogP contribution in [-0.4, -0.2) is 41.2 Å². The lowest BCUT2D eigenvalue weighted by atomic mass is 10.2. The highest BCUT2D eigenvalue weighted by atomic mass is 16.5. The molecule has 1 fully saturated rings. The van der Waals surface area contributed by atoms with Crippen molar-refractivity contribution < 1.29 is 13.9 Å². The Morgan fingerprint density at radius 3 is 2.81 bits per heavy atom. The van der Waals surface area contributed by atoms with Gasteiger partial charge in [0, 0.05) is 13.1 Å². The molecule has 1 saturated heterocycles. The van der Waals surface area contributed by atoms with Crippen LogP contribution in [0.2, 0.25) is 0 Å². The average Bonchev–Trinajstić information content (AvgIpc) is 3.18. The van der Waals surface area contributed by atoms with Crippen LogP contribution >= 0.6 is 0 Å². The van der Waals surface area contributed by atoms with Gasteiger partial charge in [0.1, 0.15) is 12.2 Å². The van der Waals surface area contributed by atoms with Crippen LogP contribution in [0.25, 0.3) is 11.5 Å². The molecule has 1 aliphatic rings. The summed E-state index contributed by atoms with van der Waals surface area (Å²) in [6.07, 6.45) is 2.30. The molecular formula is C15H17N3O3. The number of carbonyl (C=O) groups excluding carboxylic acids is 1. The third-order valence-corrected chi connectivity index (χ3v) is 3.57. The van der Waals surface area contributed by atoms with Gasteiger partial charge in [-0.15, -0.1) is 10.2 Å². The third-order valence-electron chi connectivity index (χ3n) is 3.57. The van der Waals surface area contributed by atoms with E-state index < -0.39 is 0 Å². The first-order chi connectivity index (χ1) is 10.3. The van der Waals surface area contributed by atoms with E-state index in [9.17, 15) is 4.79 Å². The number of para-hydroxylation sites is 1. The highest BCUT2D eigenvalue weighted by Gasteiger charge is 2.21.